The lowest BCUT2D eigenvalue weighted by Gasteiger charge is -2.30. The summed E-state index contributed by atoms with van der Waals surface area (Å²) in [5.41, 5.74) is 2.58. The summed E-state index contributed by atoms with van der Waals surface area (Å²) in [6.45, 7) is 7.89. The van der Waals surface area contributed by atoms with Crippen molar-refractivity contribution in [2.75, 3.05) is 19.7 Å². The third-order valence-electron chi connectivity index (χ3n) is 6.17. The van der Waals surface area contributed by atoms with E-state index in [1.165, 1.54) is 0 Å². The number of hydrogen-bond acceptors (Lipinski definition) is 6. The highest BCUT2D eigenvalue weighted by atomic mass is 32.2. The Balaban J connectivity index is 1.36. The molecule has 3 aromatic rings. The van der Waals surface area contributed by atoms with Crippen molar-refractivity contribution in [3.63, 3.8) is 0 Å². The van der Waals surface area contributed by atoms with Gasteiger partial charge in [-0.3, -0.25) is 0 Å². The zero-order valence-corrected chi connectivity index (χ0v) is 18.9. The van der Waals surface area contributed by atoms with E-state index in [1.54, 1.807) is 22.5 Å². The van der Waals surface area contributed by atoms with Gasteiger partial charge < -0.3 is 4.74 Å². The first-order valence-corrected chi connectivity index (χ1v) is 12.2. The quantitative estimate of drug-likeness (QED) is 0.621. The highest BCUT2D eigenvalue weighted by molar-refractivity contribution is 7.89. The summed E-state index contributed by atoms with van der Waals surface area (Å²) in [5.74, 6) is 1.73. The zero-order chi connectivity index (χ0) is 21.8. The van der Waals surface area contributed by atoms with E-state index in [0.29, 0.717) is 37.4 Å². The van der Waals surface area contributed by atoms with Gasteiger partial charge in [-0.2, -0.15) is 13.9 Å². The molecule has 4 heterocycles. The molecule has 0 spiro atoms. The molecule has 1 saturated heterocycles. The minimum absolute atomic E-state index is 0.0753. The molecule has 0 bridgehead atoms. The highest BCUT2D eigenvalue weighted by Gasteiger charge is 2.33. The van der Waals surface area contributed by atoms with E-state index in [-0.39, 0.29) is 11.3 Å². The molecule has 0 N–H and O–H groups in total. The van der Waals surface area contributed by atoms with Crippen LogP contribution in [0.25, 0.3) is 5.65 Å². The predicted molar refractivity (Wildman–Crippen MR) is 116 cm³/mol. The van der Waals surface area contributed by atoms with Gasteiger partial charge in [-0.15, -0.1) is 10.2 Å². The summed E-state index contributed by atoms with van der Waals surface area (Å²) >= 11 is 0. The van der Waals surface area contributed by atoms with Gasteiger partial charge in [0.15, 0.2) is 11.5 Å². The fraction of sp³-hybridized carbons (Fsp3) is 0.500. The van der Waals surface area contributed by atoms with Gasteiger partial charge in [0.1, 0.15) is 5.75 Å². The largest absolute Gasteiger partial charge is 0.493 e. The highest BCUT2D eigenvalue weighted by Crippen LogP contribution is 2.33. The molecule has 31 heavy (non-hydrogen) atoms. The molecule has 1 aromatic carbocycles. The maximum absolute atomic E-state index is 13.2. The molecule has 2 aliphatic rings. The lowest BCUT2D eigenvalue weighted by Crippen LogP contribution is -2.38. The lowest BCUT2D eigenvalue weighted by atomic mass is 9.92. The molecule has 0 atom stereocenters. The molecule has 2 aliphatic heterocycles. The van der Waals surface area contributed by atoms with E-state index in [4.69, 9.17) is 9.84 Å². The van der Waals surface area contributed by atoms with Crippen molar-refractivity contribution in [1.82, 2.24) is 24.1 Å². The minimum atomic E-state index is -3.53. The van der Waals surface area contributed by atoms with Gasteiger partial charge in [-0.1, -0.05) is 20.8 Å². The number of benzene rings is 1. The lowest BCUT2D eigenvalue weighted by molar-refractivity contribution is 0.311. The van der Waals surface area contributed by atoms with Crippen molar-refractivity contribution in [3.05, 3.63) is 47.4 Å². The third kappa shape index (κ3) is 3.59. The summed E-state index contributed by atoms with van der Waals surface area (Å²) < 4.78 is 35.3. The van der Waals surface area contributed by atoms with Gasteiger partial charge in [-0.25, -0.2) is 8.42 Å². The molecule has 8 nitrogen and oxygen atoms in total. The molecular weight excluding hydrogens is 414 g/mol. The molecule has 0 radical (unpaired) electrons. The minimum Gasteiger partial charge on any atom is -0.493 e. The normalized spacial score (nSPS) is 18.3. The van der Waals surface area contributed by atoms with Crippen LogP contribution < -0.4 is 4.74 Å². The second kappa shape index (κ2) is 7.27. The third-order valence-corrected chi connectivity index (χ3v) is 8.07. The SMILES string of the molecule is CC(C)(C)c1ccc2nnc(C3CCN(S(=O)(=O)c4ccc5c(c4)CCO5)CC3)n2n1. The van der Waals surface area contributed by atoms with E-state index >= 15 is 0 Å². The van der Waals surface area contributed by atoms with Crippen molar-refractivity contribution in [3.8, 4) is 5.75 Å². The maximum atomic E-state index is 13.2. The molecule has 2 aromatic heterocycles. The van der Waals surface area contributed by atoms with Gasteiger partial charge in [0.25, 0.3) is 0 Å². The number of ether oxygens (including phenoxy) is 1. The van der Waals surface area contributed by atoms with E-state index in [1.807, 2.05) is 16.6 Å². The van der Waals surface area contributed by atoms with E-state index in [9.17, 15) is 8.42 Å². The summed E-state index contributed by atoms with van der Waals surface area (Å²) in [4.78, 5) is 0.347. The molecular formula is C22H27N5O3S. The first-order valence-electron chi connectivity index (χ1n) is 10.7. The topological polar surface area (TPSA) is 89.7 Å². The van der Waals surface area contributed by atoms with E-state index < -0.39 is 10.0 Å². The van der Waals surface area contributed by atoms with Crippen LogP contribution in [0.2, 0.25) is 0 Å². The van der Waals surface area contributed by atoms with Gasteiger partial charge in [0.05, 0.1) is 17.2 Å². The van der Waals surface area contributed by atoms with Crippen LogP contribution >= 0.6 is 0 Å². The fourth-order valence-electron chi connectivity index (χ4n) is 4.29. The molecule has 5 rings (SSSR count). The standard InChI is InChI=1S/C22H27N5O3S/c1-22(2,3)19-6-7-20-23-24-21(27(20)25-19)15-8-11-26(12-9-15)31(28,29)17-4-5-18-16(14-17)10-13-30-18/h4-7,14-15H,8-13H2,1-3H3. The van der Waals surface area contributed by atoms with Crippen LogP contribution in [0.5, 0.6) is 5.75 Å². The predicted octanol–water partition coefficient (Wildman–Crippen LogP) is 2.93. The van der Waals surface area contributed by atoms with Gasteiger partial charge in [0.2, 0.25) is 10.0 Å². The molecule has 1 fully saturated rings. The number of aromatic nitrogens is 4. The van der Waals surface area contributed by atoms with Crippen molar-refractivity contribution in [2.24, 2.45) is 0 Å². The maximum Gasteiger partial charge on any atom is 0.243 e. The number of sulfonamides is 1. The van der Waals surface area contributed by atoms with Crippen molar-refractivity contribution >= 4 is 15.7 Å². The van der Waals surface area contributed by atoms with Crippen molar-refractivity contribution in [1.29, 1.82) is 0 Å². The number of rotatable bonds is 3. The Labute approximate surface area is 182 Å². The van der Waals surface area contributed by atoms with Crippen molar-refractivity contribution in [2.45, 2.75) is 56.3 Å². The van der Waals surface area contributed by atoms with Crippen LogP contribution in [-0.2, 0) is 21.9 Å². The molecule has 164 valence electrons. The fourth-order valence-corrected chi connectivity index (χ4v) is 5.81. The summed E-state index contributed by atoms with van der Waals surface area (Å²) in [5, 5.41) is 13.4. The zero-order valence-electron chi connectivity index (χ0n) is 18.1. The second-order valence-corrected chi connectivity index (χ2v) is 11.3. The summed E-state index contributed by atoms with van der Waals surface area (Å²) in [6, 6.07) is 9.11. The summed E-state index contributed by atoms with van der Waals surface area (Å²) in [7, 11) is -3.53. The van der Waals surface area contributed by atoms with Crippen LogP contribution in [0.15, 0.2) is 35.2 Å². The average molecular weight is 442 g/mol. The van der Waals surface area contributed by atoms with Crippen molar-refractivity contribution < 1.29 is 13.2 Å². The Morgan fingerprint density at radius 3 is 2.58 bits per heavy atom. The Hall–Kier alpha value is -2.52. The molecule has 0 unspecified atom stereocenters. The molecule has 0 aliphatic carbocycles. The smallest absolute Gasteiger partial charge is 0.243 e. The molecule has 0 amide bonds. The van der Waals surface area contributed by atoms with Crippen LogP contribution in [-0.4, -0.2) is 52.2 Å². The Bertz CT molecular complexity index is 1240. The Kier molecular flexibility index (Phi) is 4.78. The molecule has 0 saturated carbocycles. The van der Waals surface area contributed by atoms with E-state index in [0.717, 1.165) is 34.9 Å². The van der Waals surface area contributed by atoms with Crippen LogP contribution in [0.1, 0.15) is 56.6 Å². The monoisotopic (exact) mass is 441 g/mol. The second-order valence-electron chi connectivity index (χ2n) is 9.34. The number of nitrogens with zero attached hydrogens (tertiary/aromatic N) is 5. The van der Waals surface area contributed by atoms with Crippen LogP contribution in [0.4, 0.5) is 0 Å². The summed E-state index contributed by atoms with van der Waals surface area (Å²) in [6.07, 6.45) is 2.13. The first kappa shape index (κ1) is 20.4. The van der Waals surface area contributed by atoms with Crippen LogP contribution in [0, 0.1) is 0 Å². The Morgan fingerprint density at radius 1 is 1.06 bits per heavy atom. The number of fused-ring (bicyclic) bond motifs is 2. The van der Waals surface area contributed by atoms with Crippen LogP contribution in [0.3, 0.4) is 0 Å². The van der Waals surface area contributed by atoms with Gasteiger partial charge in [-0.05, 0) is 48.7 Å². The number of hydrogen-bond donors (Lipinski definition) is 0. The van der Waals surface area contributed by atoms with Gasteiger partial charge >= 0.3 is 0 Å². The number of piperidine rings is 1. The first-order chi connectivity index (χ1) is 14.7. The average Bonchev–Trinajstić information content (AvgIpc) is 3.39. The van der Waals surface area contributed by atoms with E-state index in [2.05, 4.69) is 31.0 Å². The Morgan fingerprint density at radius 2 is 1.84 bits per heavy atom. The van der Waals surface area contributed by atoms with Gasteiger partial charge in [0, 0.05) is 30.8 Å². The molecule has 9 heteroatoms.